The van der Waals surface area contributed by atoms with Gasteiger partial charge in [-0.25, -0.2) is 0 Å². The van der Waals surface area contributed by atoms with Gasteiger partial charge >= 0.3 is 0 Å². The smallest absolute Gasteiger partial charge is 0.0998 e. The fraction of sp³-hybridized carbons (Fsp3) is 0. The van der Waals surface area contributed by atoms with Gasteiger partial charge < -0.3 is 0 Å². The maximum absolute atomic E-state index is 10.4. The van der Waals surface area contributed by atoms with Crippen molar-refractivity contribution in [1.82, 2.24) is 0 Å². The Morgan fingerprint density at radius 1 is 0.264 bits per heavy atom. The minimum atomic E-state index is 0.702. The van der Waals surface area contributed by atoms with Gasteiger partial charge in [0.25, 0.3) is 0 Å². The Kier molecular flexibility index (Phi) is 7.76. The summed E-state index contributed by atoms with van der Waals surface area (Å²) in [6, 6.07) is 76.3. The second-order valence-electron chi connectivity index (χ2n) is 19.6. The molecule has 0 aromatic heterocycles. The summed E-state index contributed by atoms with van der Waals surface area (Å²) in [5.74, 6) is 0. The van der Waals surface area contributed by atoms with Crippen molar-refractivity contribution in [2.24, 2.45) is 0 Å². The van der Waals surface area contributed by atoms with Gasteiger partial charge in [-0.1, -0.05) is 219 Å². The fourth-order valence-corrected chi connectivity index (χ4v) is 13.8. The number of hydrogen-bond donors (Lipinski definition) is 0. The molecule has 16 rings (SSSR count). The zero-order chi connectivity index (χ0) is 47.5. The van der Waals surface area contributed by atoms with Crippen molar-refractivity contribution in [3.63, 3.8) is 0 Å². The van der Waals surface area contributed by atoms with Crippen LogP contribution in [0.5, 0.6) is 0 Å². The van der Waals surface area contributed by atoms with Crippen LogP contribution in [0.4, 0.5) is 0 Å². The predicted octanol–water partition coefficient (Wildman–Crippen LogP) is 19.9. The molecule has 1 aliphatic rings. The molecule has 0 spiro atoms. The van der Waals surface area contributed by atoms with Crippen molar-refractivity contribution in [1.29, 1.82) is 5.26 Å². The van der Waals surface area contributed by atoms with E-state index in [1.54, 1.807) is 0 Å². The minimum absolute atomic E-state index is 0.702. The number of nitriles is 1. The number of rotatable bonds is 6. The third-order valence-corrected chi connectivity index (χ3v) is 16.4. The molecule has 0 heterocycles. The van der Waals surface area contributed by atoms with E-state index in [4.69, 9.17) is 0 Å². The summed E-state index contributed by atoms with van der Waals surface area (Å²) < 4.78 is 0. The first-order valence-electron chi connectivity index (χ1n) is 24.8. The summed E-state index contributed by atoms with van der Waals surface area (Å²) in [6.07, 6.45) is 4.07. The number of nitrogens with zero attached hydrogens (tertiary/aromatic N) is 1. The van der Waals surface area contributed by atoms with Crippen LogP contribution in [-0.4, -0.2) is 0 Å². The Hall–Kier alpha value is -9.61. The average Bonchev–Trinajstić information content (AvgIpc) is 4.09. The van der Waals surface area contributed by atoms with Crippen LogP contribution in [0.2, 0.25) is 0 Å². The summed E-state index contributed by atoms with van der Waals surface area (Å²) in [5.41, 5.74) is 17.5. The van der Waals surface area contributed by atoms with Crippen LogP contribution in [0.15, 0.2) is 213 Å². The number of benzene rings is 13. The lowest BCUT2D eigenvalue weighted by Crippen LogP contribution is -1.98. The zero-order valence-electron chi connectivity index (χ0n) is 39.1. The molecule has 15 aromatic rings. The summed E-state index contributed by atoms with van der Waals surface area (Å²) in [7, 11) is 0. The lowest BCUT2D eigenvalue weighted by Gasteiger charge is -2.22. The molecule has 0 fully saturated rings. The summed E-state index contributed by atoms with van der Waals surface area (Å²) >= 11 is 0. The van der Waals surface area contributed by atoms with Gasteiger partial charge in [0, 0.05) is 5.39 Å². The van der Waals surface area contributed by atoms with Crippen molar-refractivity contribution in [3.05, 3.63) is 230 Å². The molecule has 0 aliphatic heterocycles. The Bertz CT molecular complexity index is 4640. The first-order valence-corrected chi connectivity index (χ1v) is 24.8. The molecule has 0 N–H and O–H groups in total. The SMILES string of the molecule is C=Cc1c(C=C)c(-c2ccccc2)c2c(c1-c1ccccc1)-c1ccc3c4ccc5c6c(-c7ccccc7)c7c8cccc9c(C#N)ccc(c7c(-c7ccccc7)c6c6ccc(c7ccc-2c1c37)c4c56)c98. The Balaban J connectivity index is 1.09. The van der Waals surface area contributed by atoms with Gasteiger partial charge in [0.05, 0.1) is 11.6 Å². The Labute approximate surface area is 415 Å². The van der Waals surface area contributed by atoms with Crippen LogP contribution in [0.25, 0.3) is 176 Å². The maximum Gasteiger partial charge on any atom is 0.0998 e. The molecule has 72 heavy (non-hydrogen) atoms. The van der Waals surface area contributed by atoms with Crippen molar-refractivity contribution in [2.75, 3.05) is 0 Å². The normalized spacial score (nSPS) is 12.3. The van der Waals surface area contributed by atoms with Crippen LogP contribution >= 0.6 is 0 Å². The third-order valence-electron chi connectivity index (χ3n) is 16.4. The molecule has 0 radical (unpaired) electrons. The third kappa shape index (κ3) is 4.77. The number of fused-ring (bicyclic) bond motifs is 11. The van der Waals surface area contributed by atoms with E-state index in [0.717, 1.165) is 21.9 Å². The van der Waals surface area contributed by atoms with Crippen LogP contribution in [0.1, 0.15) is 16.7 Å². The summed E-state index contributed by atoms with van der Waals surface area (Å²) in [6.45, 7) is 8.89. The van der Waals surface area contributed by atoms with E-state index in [2.05, 4.69) is 213 Å². The van der Waals surface area contributed by atoms with E-state index in [0.29, 0.717) is 5.56 Å². The lowest BCUT2D eigenvalue weighted by atomic mass is 9.80. The highest BCUT2D eigenvalue weighted by molar-refractivity contribution is 6.50. The minimum Gasteiger partial charge on any atom is -0.192 e. The molecule has 0 amide bonds. The first kappa shape index (κ1) is 39.3. The Morgan fingerprint density at radius 2 is 0.597 bits per heavy atom. The van der Waals surface area contributed by atoms with Gasteiger partial charge in [0.15, 0.2) is 0 Å². The average molecular weight is 906 g/mol. The van der Waals surface area contributed by atoms with E-state index < -0.39 is 0 Å². The van der Waals surface area contributed by atoms with Crippen molar-refractivity contribution < 1.29 is 0 Å². The second kappa shape index (κ2) is 14.2. The van der Waals surface area contributed by atoms with Crippen molar-refractivity contribution in [2.45, 2.75) is 0 Å². The van der Waals surface area contributed by atoms with Gasteiger partial charge in [-0.05, 0) is 176 Å². The second-order valence-corrected chi connectivity index (χ2v) is 19.6. The molecule has 1 nitrogen and oxygen atoms in total. The maximum atomic E-state index is 10.4. The van der Waals surface area contributed by atoms with Gasteiger partial charge in [0.2, 0.25) is 0 Å². The lowest BCUT2D eigenvalue weighted by molar-refractivity contribution is 1.51. The summed E-state index contributed by atoms with van der Waals surface area (Å²) in [5, 5.41) is 32.8. The van der Waals surface area contributed by atoms with E-state index in [1.165, 1.54) is 153 Å². The molecule has 0 saturated carbocycles. The zero-order valence-corrected chi connectivity index (χ0v) is 39.1. The highest BCUT2D eigenvalue weighted by Gasteiger charge is 2.34. The van der Waals surface area contributed by atoms with Crippen LogP contribution in [0, 0.1) is 11.3 Å². The fourth-order valence-electron chi connectivity index (χ4n) is 13.8. The molecular weight excluding hydrogens is 867 g/mol. The van der Waals surface area contributed by atoms with Crippen LogP contribution in [0.3, 0.4) is 0 Å². The Morgan fingerprint density at radius 3 is 1.03 bits per heavy atom. The van der Waals surface area contributed by atoms with Crippen LogP contribution in [-0.2, 0) is 0 Å². The molecule has 0 unspecified atom stereocenters. The topological polar surface area (TPSA) is 23.8 Å². The summed E-state index contributed by atoms with van der Waals surface area (Å²) in [4.78, 5) is 0. The molecule has 328 valence electrons. The van der Waals surface area contributed by atoms with E-state index in [1.807, 2.05) is 18.2 Å². The molecule has 1 heteroatoms. The molecule has 0 atom stereocenters. The molecular formula is C71H39N. The standard InChI is InChI=1S/C71H39N/c1-3-44-45(4-2)58(40-20-11-6-12-21-40)67-54-35-31-48-50-33-37-56-65-55(36-32-49(63(50)65)47-30-34-53(64(54)62(47)48)66(67)57(44)39-18-9-5-10-19-39)70-59(41-22-13-7-14-23-41)68-51-27-17-26-46-43(38-72)28-29-52(61(46)51)69(68)60(71(56)70)42-24-15-8-16-25-42/h3-37H,1-2H2. The monoisotopic (exact) mass is 905 g/mol. The van der Waals surface area contributed by atoms with Gasteiger partial charge in [-0.3, -0.25) is 0 Å². The molecule has 0 saturated heterocycles. The quantitative estimate of drug-likeness (QED) is 0.120. The molecule has 1 aliphatic carbocycles. The van der Waals surface area contributed by atoms with E-state index in [-0.39, 0.29) is 0 Å². The highest BCUT2D eigenvalue weighted by Crippen LogP contribution is 2.61. The van der Waals surface area contributed by atoms with Crippen molar-refractivity contribution in [3.8, 4) is 72.8 Å². The van der Waals surface area contributed by atoms with E-state index >= 15 is 0 Å². The highest BCUT2D eigenvalue weighted by atomic mass is 14.4. The van der Waals surface area contributed by atoms with Gasteiger partial charge in [-0.2, -0.15) is 5.26 Å². The van der Waals surface area contributed by atoms with Crippen LogP contribution < -0.4 is 0 Å². The van der Waals surface area contributed by atoms with E-state index in [9.17, 15) is 5.26 Å². The first-order chi connectivity index (χ1) is 35.7. The predicted molar refractivity (Wildman–Crippen MR) is 309 cm³/mol. The number of hydrogen-bond acceptors (Lipinski definition) is 1. The van der Waals surface area contributed by atoms with Gasteiger partial charge in [-0.15, -0.1) is 0 Å². The largest absolute Gasteiger partial charge is 0.192 e. The van der Waals surface area contributed by atoms with Gasteiger partial charge in [0.1, 0.15) is 0 Å². The molecule has 0 bridgehead atoms. The van der Waals surface area contributed by atoms with Crippen molar-refractivity contribution >= 4 is 109 Å². The molecule has 15 aromatic carbocycles.